The summed E-state index contributed by atoms with van der Waals surface area (Å²) in [6.45, 7) is 2.70. The van der Waals surface area contributed by atoms with Crippen molar-refractivity contribution in [1.29, 1.82) is 0 Å². The third-order valence-corrected chi connectivity index (χ3v) is 2.26. The van der Waals surface area contributed by atoms with Gasteiger partial charge in [-0.05, 0) is 24.1 Å². The zero-order chi connectivity index (χ0) is 11.8. The summed E-state index contributed by atoms with van der Waals surface area (Å²) in [5, 5.41) is 2.75. The van der Waals surface area contributed by atoms with Gasteiger partial charge in [-0.15, -0.1) is 11.6 Å². The summed E-state index contributed by atoms with van der Waals surface area (Å²) >= 11 is 5.70. The van der Waals surface area contributed by atoms with Crippen LogP contribution in [-0.4, -0.2) is 19.1 Å². The van der Waals surface area contributed by atoms with E-state index in [1.807, 2.05) is 31.2 Å². The van der Waals surface area contributed by atoms with Crippen LogP contribution in [0.25, 0.3) is 0 Å². The van der Waals surface area contributed by atoms with Crippen LogP contribution < -0.4 is 5.32 Å². The molecule has 0 aromatic heterocycles. The highest BCUT2D eigenvalue weighted by atomic mass is 35.5. The molecular weight excluding hydrogens is 226 g/mol. The smallest absolute Gasteiger partial charge is 0.250 e. The maximum absolute atomic E-state index is 11.4. The molecule has 0 aliphatic rings. The molecule has 1 amide bonds. The molecule has 1 rings (SSSR count). The number of nitrogens with one attached hydrogen (secondary N) is 1. The van der Waals surface area contributed by atoms with Gasteiger partial charge in [-0.3, -0.25) is 4.79 Å². The lowest BCUT2D eigenvalue weighted by Gasteiger charge is -2.06. The maximum Gasteiger partial charge on any atom is 0.250 e. The van der Waals surface area contributed by atoms with Crippen molar-refractivity contribution in [2.24, 2.45) is 0 Å². The molecule has 88 valence electrons. The van der Waals surface area contributed by atoms with Crippen LogP contribution in [0.3, 0.4) is 0 Å². The molecule has 0 radical (unpaired) electrons. The van der Waals surface area contributed by atoms with Crippen LogP contribution in [0.5, 0.6) is 0 Å². The van der Waals surface area contributed by atoms with E-state index in [0.29, 0.717) is 12.5 Å². The lowest BCUT2D eigenvalue weighted by atomic mass is 10.2. The van der Waals surface area contributed by atoms with Crippen LogP contribution in [0, 0.1) is 0 Å². The Kier molecular flexibility index (Phi) is 5.90. The van der Waals surface area contributed by atoms with Gasteiger partial charge in [-0.2, -0.15) is 0 Å². The van der Waals surface area contributed by atoms with Crippen molar-refractivity contribution in [3.05, 3.63) is 29.8 Å². The first-order valence-electron chi connectivity index (χ1n) is 5.28. The van der Waals surface area contributed by atoms with Crippen LogP contribution >= 0.6 is 11.6 Å². The molecule has 0 saturated heterocycles. The number of carbonyl (C=O) groups excluding carboxylic acids is 1. The molecule has 1 aromatic rings. The minimum atomic E-state index is -0.139. The number of anilines is 1. The minimum absolute atomic E-state index is 0.0962. The maximum atomic E-state index is 11.4. The molecule has 0 spiro atoms. The molecule has 1 aromatic carbocycles. The van der Waals surface area contributed by atoms with Crippen LogP contribution in [0.1, 0.15) is 18.9 Å². The molecule has 0 atom stereocenters. The summed E-state index contributed by atoms with van der Waals surface area (Å²) in [4.78, 5) is 11.4. The predicted molar refractivity (Wildman–Crippen MR) is 65.7 cm³/mol. The zero-order valence-corrected chi connectivity index (χ0v) is 10.1. The van der Waals surface area contributed by atoms with E-state index in [-0.39, 0.29) is 12.5 Å². The highest BCUT2D eigenvalue weighted by Crippen LogP contribution is 2.12. The van der Waals surface area contributed by atoms with Gasteiger partial charge in [0.2, 0.25) is 5.91 Å². The van der Waals surface area contributed by atoms with Gasteiger partial charge in [-0.25, -0.2) is 0 Å². The molecule has 0 unspecified atom stereocenters. The summed E-state index contributed by atoms with van der Waals surface area (Å²) in [7, 11) is 0. The highest BCUT2D eigenvalue weighted by molar-refractivity contribution is 6.17. The van der Waals surface area contributed by atoms with Gasteiger partial charge in [0, 0.05) is 18.2 Å². The Balaban J connectivity index is 2.43. The third kappa shape index (κ3) is 4.64. The number of amides is 1. The zero-order valence-electron chi connectivity index (χ0n) is 9.33. The summed E-state index contributed by atoms with van der Waals surface area (Å²) in [5.74, 6) is 0.302. The summed E-state index contributed by atoms with van der Waals surface area (Å²) in [6, 6.07) is 7.45. The molecule has 0 aliphatic heterocycles. The molecule has 0 fully saturated rings. The van der Waals surface area contributed by atoms with E-state index in [0.717, 1.165) is 17.7 Å². The number of benzene rings is 1. The Morgan fingerprint density at radius 3 is 3.00 bits per heavy atom. The number of hydrogen-bond donors (Lipinski definition) is 1. The lowest BCUT2D eigenvalue weighted by Crippen LogP contribution is -2.18. The number of carbonyl (C=O) groups is 1. The Bertz CT molecular complexity index is 342. The van der Waals surface area contributed by atoms with E-state index in [9.17, 15) is 4.79 Å². The number of halogens is 1. The van der Waals surface area contributed by atoms with Gasteiger partial charge in [0.15, 0.2) is 0 Å². The van der Waals surface area contributed by atoms with E-state index in [1.165, 1.54) is 0 Å². The van der Waals surface area contributed by atoms with Crippen molar-refractivity contribution >= 4 is 23.2 Å². The van der Waals surface area contributed by atoms with Crippen molar-refractivity contribution in [3.8, 4) is 0 Å². The van der Waals surface area contributed by atoms with Gasteiger partial charge >= 0.3 is 0 Å². The molecule has 3 nitrogen and oxygen atoms in total. The van der Waals surface area contributed by atoms with Crippen molar-refractivity contribution < 1.29 is 9.53 Å². The van der Waals surface area contributed by atoms with Crippen LogP contribution in [0.2, 0.25) is 0 Å². The predicted octanol–water partition coefficient (Wildman–Crippen LogP) is 2.79. The van der Waals surface area contributed by atoms with E-state index in [4.69, 9.17) is 16.3 Å². The average molecular weight is 242 g/mol. The fraction of sp³-hybridized carbons (Fsp3) is 0.417. The lowest BCUT2D eigenvalue weighted by molar-refractivity contribution is -0.120. The van der Waals surface area contributed by atoms with Crippen LogP contribution in [0.15, 0.2) is 24.3 Å². The van der Waals surface area contributed by atoms with E-state index in [1.54, 1.807) is 0 Å². The topological polar surface area (TPSA) is 38.3 Å². The van der Waals surface area contributed by atoms with Crippen molar-refractivity contribution in [2.45, 2.75) is 19.2 Å². The first-order valence-corrected chi connectivity index (χ1v) is 5.82. The van der Waals surface area contributed by atoms with Gasteiger partial charge in [0.05, 0.1) is 0 Å². The van der Waals surface area contributed by atoms with Gasteiger partial charge in [0.1, 0.15) is 6.61 Å². The van der Waals surface area contributed by atoms with Gasteiger partial charge < -0.3 is 10.1 Å². The largest absolute Gasteiger partial charge is 0.372 e. The molecule has 0 aliphatic carbocycles. The average Bonchev–Trinajstić information content (AvgIpc) is 2.29. The van der Waals surface area contributed by atoms with Crippen LogP contribution in [0.4, 0.5) is 5.69 Å². The number of alkyl halides is 1. The van der Waals surface area contributed by atoms with Gasteiger partial charge in [0.25, 0.3) is 0 Å². The van der Waals surface area contributed by atoms with Gasteiger partial charge in [-0.1, -0.05) is 19.1 Å². The monoisotopic (exact) mass is 241 g/mol. The molecule has 0 bridgehead atoms. The SMILES string of the molecule is CCCOCC(=O)Nc1cccc(CCl)c1. The summed E-state index contributed by atoms with van der Waals surface area (Å²) < 4.78 is 5.14. The minimum Gasteiger partial charge on any atom is -0.372 e. The molecule has 0 heterocycles. The van der Waals surface area contributed by atoms with Crippen LogP contribution in [-0.2, 0) is 15.4 Å². The first kappa shape index (κ1) is 13.0. The molecule has 16 heavy (non-hydrogen) atoms. The number of hydrogen-bond acceptors (Lipinski definition) is 2. The Hall–Kier alpha value is -1.06. The quantitative estimate of drug-likeness (QED) is 0.614. The molecule has 1 N–H and O–H groups in total. The normalized spacial score (nSPS) is 10.1. The number of ether oxygens (including phenoxy) is 1. The third-order valence-electron chi connectivity index (χ3n) is 1.95. The second-order valence-corrected chi connectivity index (χ2v) is 3.70. The van der Waals surface area contributed by atoms with E-state index >= 15 is 0 Å². The Labute approximate surface area is 101 Å². The van der Waals surface area contributed by atoms with Crippen molar-refractivity contribution in [3.63, 3.8) is 0 Å². The summed E-state index contributed by atoms with van der Waals surface area (Å²) in [6.07, 6.45) is 0.912. The summed E-state index contributed by atoms with van der Waals surface area (Å²) in [5.41, 5.74) is 1.73. The first-order chi connectivity index (χ1) is 7.76. The fourth-order valence-electron chi connectivity index (χ4n) is 1.24. The van der Waals surface area contributed by atoms with E-state index < -0.39 is 0 Å². The Morgan fingerprint density at radius 1 is 1.50 bits per heavy atom. The molecule has 4 heteroatoms. The van der Waals surface area contributed by atoms with E-state index in [2.05, 4.69) is 5.32 Å². The van der Waals surface area contributed by atoms with Crippen molar-refractivity contribution in [2.75, 3.05) is 18.5 Å². The second kappa shape index (κ2) is 7.25. The number of rotatable bonds is 6. The van der Waals surface area contributed by atoms with Crippen molar-refractivity contribution in [1.82, 2.24) is 0 Å². The highest BCUT2D eigenvalue weighted by Gasteiger charge is 2.02. The fourth-order valence-corrected chi connectivity index (χ4v) is 1.40. The standard InChI is InChI=1S/C12H16ClNO2/c1-2-6-16-9-12(15)14-11-5-3-4-10(7-11)8-13/h3-5,7H,2,6,8-9H2,1H3,(H,14,15). The second-order valence-electron chi connectivity index (χ2n) is 3.43. The molecule has 0 saturated carbocycles. The molecular formula is C12H16ClNO2. The Morgan fingerprint density at radius 2 is 2.31 bits per heavy atom.